The van der Waals surface area contributed by atoms with E-state index in [1.54, 1.807) is 34.9 Å². The normalized spacial score (nSPS) is 11.5. The minimum absolute atomic E-state index is 0.452. The van der Waals surface area contributed by atoms with Crippen LogP contribution >= 0.6 is 0 Å². The molecule has 9 heteroatoms. The van der Waals surface area contributed by atoms with Crippen molar-refractivity contribution in [2.45, 2.75) is 6.18 Å². The third-order valence-electron chi connectivity index (χ3n) is 4.87. The third kappa shape index (κ3) is 3.74. The van der Waals surface area contributed by atoms with Gasteiger partial charge in [-0.3, -0.25) is 4.40 Å². The van der Waals surface area contributed by atoms with Gasteiger partial charge in [0.25, 0.3) is 0 Å². The Morgan fingerprint density at radius 3 is 1.90 bits per heavy atom. The van der Waals surface area contributed by atoms with Gasteiger partial charge < -0.3 is 14.2 Å². The van der Waals surface area contributed by atoms with Gasteiger partial charge in [-0.2, -0.15) is 13.2 Å². The number of alkyl halides is 3. The maximum Gasteiger partial charge on any atom is 0.416 e. The first-order chi connectivity index (χ1) is 14.9. The molecule has 0 saturated heterocycles. The minimum Gasteiger partial charge on any atom is -0.493 e. The predicted molar refractivity (Wildman–Crippen MR) is 109 cm³/mol. The Morgan fingerprint density at radius 2 is 1.35 bits per heavy atom. The smallest absolute Gasteiger partial charge is 0.416 e. The second-order valence-electron chi connectivity index (χ2n) is 6.66. The maximum atomic E-state index is 12.9. The summed E-state index contributed by atoms with van der Waals surface area (Å²) in [6.45, 7) is 0. The Morgan fingerprint density at radius 1 is 0.742 bits per heavy atom. The number of ether oxygens (including phenoxy) is 3. The molecular formula is C22H18F3N3O3. The van der Waals surface area contributed by atoms with Crippen molar-refractivity contribution in [3.8, 4) is 39.8 Å². The number of nitrogens with zero attached hydrogens (tertiary/aromatic N) is 3. The molecule has 0 saturated carbocycles. The number of halogens is 3. The van der Waals surface area contributed by atoms with Crippen LogP contribution in [0, 0.1) is 0 Å². The van der Waals surface area contributed by atoms with Gasteiger partial charge in [-0.15, -0.1) is 10.2 Å². The highest BCUT2D eigenvalue weighted by Crippen LogP contribution is 2.41. The lowest BCUT2D eigenvalue weighted by molar-refractivity contribution is -0.137. The van der Waals surface area contributed by atoms with E-state index < -0.39 is 11.7 Å². The van der Waals surface area contributed by atoms with Crippen LogP contribution in [0.1, 0.15) is 5.56 Å². The SMILES string of the molecule is COc1cc(-c2nnc3ccc(-c4ccc(C(F)(F)F)cc4)cn23)cc(OC)c1OC. The summed E-state index contributed by atoms with van der Waals surface area (Å²) < 4.78 is 56.5. The molecule has 0 radical (unpaired) electrons. The molecule has 0 aliphatic heterocycles. The van der Waals surface area contributed by atoms with Crippen molar-refractivity contribution in [2.75, 3.05) is 21.3 Å². The van der Waals surface area contributed by atoms with Crippen LogP contribution in [0.2, 0.25) is 0 Å². The van der Waals surface area contributed by atoms with E-state index in [1.165, 1.54) is 33.5 Å². The molecule has 0 fully saturated rings. The number of methoxy groups -OCH3 is 3. The van der Waals surface area contributed by atoms with E-state index >= 15 is 0 Å². The monoisotopic (exact) mass is 429 g/mol. The van der Waals surface area contributed by atoms with Crippen molar-refractivity contribution in [3.63, 3.8) is 0 Å². The minimum atomic E-state index is -4.38. The largest absolute Gasteiger partial charge is 0.493 e. The van der Waals surface area contributed by atoms with Gasteiger partial charge in [0.15, 0.2) is 23.0 Å². The summed E-state index contributed by atoms with van der Waals surface area (Å²) in [5, 5.41) is 8.45. The average Bonchev–Trinajstić information content (AvgIpc) is 3.20. The molecular weight excluding hydrogens is 411 g/mol. The lowest BCUT2D eigenvalue weighted by Gasteiger charge is -2.13. The van der Waals surface area contributed by atoms with Gasteiger partial charge in [-0.05, 0) is 47.5 Å². The van der Waals surface area contributed by atoms with Gasteiger partial charge >= 0.3 is 6.18 Å². The van der Waals surface area contributed by atoms with E-state index in [2.05, 4.69) is 10.2 Å². The summed E-state index contributed by atoms with van der Waals surface area (Å²) >= 11 is 0. The van der Waals surface area contributed by atoms with Gasteiger partial charge in [0.05, 0.1) is 26.9 Å². The molecule has 4 rings (SSSR count). The fourth-order valence-electron chi connectivity index (χ4n) is 3.32. The molecule has 6 nitrogen and oxygen atoms in total. The Hall–Kier alpha value is -3.75. The molecule has 2 aromatic carbocycles. The second kappa shape index (κ2) is 7.82. The summed E-state index contributed by atoms with van der Waals surface area (Å²) in [4.78, 5) is 0. The fourth-order valence-corrected chi connectivity index (χ4v) is 3.32. The maximum absolute atomic E-state index is 12.9. The number of benzene rings is 2. The molecule has 2 aromatic heterocycles. The van der Waals surface area contributed by atoms with E-state index in [9.17, 15) is 13.2 Å². The molecule has 0 aliphatic carbocycles. The quantitative estimate of drug-likeness (QED) is 0.441. The summed E-state index contributed by atoms with van der Waals surface area (Å²) in [6.07, 6.45) is -2.60. The highest BCUT2D eigenvalue weighted by atomic mass is 19.4. The molecule has 0 unspecified atom stereocenters. The van der Waals surface area contributed by atoms with E-state index in [4.69, 9.17) is 14.2 Å². The molecule has 0 spiro atoms. The summed E-state index contributed by atoms with van der Waals surface area (Å²) in [7, 11) is 4.56. The molecule has 160 valence electrons. The fraction of sp³-hybridized carbons (Fsp3) is 0.182. The highest BCUT2D eigenvalue weighted by Gasteiger charge is 2.30. The number of hydrogen-bond acceptors (Lipinski definition) is 5. The zero-order valence-electron chi connectivity index (χ0n) is 16.9. The van der Waals surface area contributed by atoms with Gasteiger partial charge in [0.1, 0.15) is 0 Å². The number of hydrogen-bond donors (Lipinski definition) is 0. The predicted octanol–water partition coefficient (Wildman–Crippen LogP) is 5.11. The lowest BCUT2D eigenvalue weighted by Crippen LogP contribution is -2.04. The van der Waals surface area contributed by atoms with Crippen molar-refractivity contribution >= 4 is 5.65 Å². The van der Waals surface area contributed by atoms with Crippen LogP contribution < -0.4 is 14.2 Å². The molecule has 0 bridgehead atoms. The molecule has 0 amide bonds. The van der Waals surface area contributed by atoms with Crippen LogP contribution in [0.25, 0.3) is 28.2 Å². The Labute approximate surface area is 175 Å². The van der Waals surface area contributed by atoms with Crippen molar-refractivity contribution in [1.29, 1.82) is 0 Å². The molecule has 0 aliphatic rings. The zero-order chi connectivity index (χ0) is 22.2. The average molecular weight is 429 g/mol. The number of pyridine rings is 1. The summed E-state index contributed by atoms with van der Waals surface area (Å²) in [5.74, 6) is 1.90. The van der Waals surface area contributed by atoms with Gasteiger partial charge in [-0.25, -0.2) is 0 Å². The van der Waals surface area contributed by atoms with Crippen LogP contribution in [-0.2, 0) is 6.18 Å². The van der Waals surface area contributed by atoms with Gasteiger partial charge in [-0.1, -0.05) is 12.1 Å². The van der Waals surface area contributed by atoms with Crippen molar-refractivity contribution < 1.29 is 27.4 Å². The molecule has 2 heterocycles. The summed E-state index contributed by atoms with van der Waals surface area (Å²) in [5.41, 5.74) is 1.92. The Kier molecular flexibility index (Phi) is 5.18. The van der Waals surface area contributed by atoms with E-state index in [1.807, 2.05) is 0 Å². The van der Waals surface area contributed by atoms with Crippen LogP contribution in [0.15, 0.2) is 54.7 Å². The van der Waals surface area contributed by atoms with E-state index in [0.717, 1.165) is 17.7 Å². The van der Waals surface area contributed by atoms with Crippen LogP contribution in [0.5, 0.6) is 17.2 Å². The third-order valence-corrected chi connectivity index (χ3v) is 4.87. The van der Waals surface area contributed by atoms with Crippen LogP contribution in [0.4, 0.5) is 13.2 Å². The van der Waals surface area contributed by atoms with Gasteiger partial charge in [0, 0.05) is 11.8 Å². The topological polar surface area (TPSA) is 57.9 Å². The first-order valence-electron chi connectivity index (χ1n) is 9.18. The molecule has 0 atom stereocenters. The van der Waals surface area contributed by atoms with Crippen LogP contribution in [0.3, 0.4) is 0 Å². The van der Waals surface area contributed by atoms with Crippen molar-refractivity contribution in [1.82, 2.24) is 14.6 Å². The highest BCUT2D eigenvalue weighted by molar-refractivity contribution is 5.71. The number of rotatable bonds is 5. The van der Waals surface area contributed by atoms with Crippen molar-refractivity contribution in [3.05, 3.63) is 60.3 Å². The standard InChI is InChI=1S/C22H18F3N3O3/c1-29-17-10-15(11-18(30-2)20(17)31-3)21-27-26-19-9-6-14(12-28(19)21)13-4-7-16(8-5-13)22(23,24)25/h4-12H,1-3H3. The summed E-state index contributed by atoms with van der Waals surface area (Å²) in [6, 6.07) is 12.0. The molecule has 31 heavy (non-hydrogen) atoms. The first kappa shape index (κ1) is 20.5. The van der Waals surface area contributed by atoms with Crippen LogP contribution in [-0.4, -0.2) is 35.9 Å². The molecule has 4 aromatic rings. The van der Waals surface area contributed by atoms with E-state index in [-0.39, 0.29) is 0 Å². The van der Waals surface area contributed by atoms with Gasteiger partial charge in [0.2, 0.25) is 5.75 Å². The lowest BCUT2D eigenvalue weighted by atomic mass is 10.1. The Bertz CT molecular complexity index is 1210. The first-order valence-corrected chi connectivity index (χ1v) is 9.18. The van der Waals surface area contributed by atoms with E-state index in [0.29, 0.717) is 39.8 Å². The second-order valence-corrected chi connectivity index (χ2v) is 6.66. The molecule has 0 N–H and O–H groups in total. The number of fused-ring (bicyclic) bond motifs is 1. The zero-order valence-corrected chi connectivity index (χ0v) is 16.9. The van der Waals surface area contributed by atoms with Crippen molar-refractivity contribution in [2.24, 2.45) is 0 Å². The number of aromatic nitrogens is 3. The Balaban J connectivity index is 1.81.